The van der Waals surface area contributed by atoms with Gasteiger partial charge in [0.15, 0.2) is 0 Å². The standard InChI is InChI=1S/C20H28N2O/c23-20(18-8-9-18)22-12-4-7-19(22)17-10-13-21(14-11-17)15-16-5-2-1-3-6-16/h1-3,5-6,17-19H,4,7-15H2/t19-/m0/s1. The highest BCUT2D eigenvalue weighted by molar-refractivity contribution is 5.81. The van der Waals surface area contributed by atoms with E-state index in [1.54, 1.807) is 0 Å². The van der Waals surface area contributed by atoms with Crippen molar-refractivity contribution < 1.29 is 4.79 Å². The Kier molecular flexibility index (Phi) is 4.39. The summed E-state index contributed by atoms with van der Waals surface area (Å²) in [7, 11) is 0. The first-order valence-corrected chi connectivity index (χ1v) is 9.38. The van der Waals surface area contributed by atoms with E-state index in [0.29, 0.717) is 17.9 Å². The smallest absolute Gasteiger partial charge is 0.225 e. The van der Waals surface area contributed by atoms with Crippen LogP contribution in [0.1, 0.15) is 44.1 Å². The number of rotatable bonds is 4. The molecule has 3 fully saturated rings. The van der Waals surface area contributed by atoms with Crippen LogP contribution >= 0.6 is 0 Å². The number of carbonyl (C=O) groups is 1. The fraction of sp³-hybridized carbons (Fsp3) is 0.650. The first-order chi connectivity index (χ1) is 11.3. The lowest BCUT2D eigenvalue weighted by Gasteiger charge is -2.38. The lowest BCUT2D eigenvalue weighted by Crippen LogP contribution is -2.45. The molecule has 0 N–H and O–H groups in total. The van der Waals surface area contributed by atoms with E-state index in [9.17, 15) is 4.79 Å². The highest BCUT2D eigenvalue weighted by Crippen LogP contribution is 2.37. The Hall–Kier alpha value is -1.35. The van der Waals surface area contributed by atoms with Crippen LogP contribution in [0.2, 0.25) is 0 Å². The minimum absolute atomic E-state index is 0.383. The predicted molar refractivity (Wildman–Crippen MR) is 91.9 cm³/mol. The maximum absolute atomic E-state index is 12.5. The summed E-state index contributed by atoms with van der Waals surface area (Å²) in [6.07, 6.45) is 7.24. The Morgan fingerprint density at radius 2 is 1.70 bits per heavy atom. The maximum Gasteiger partial charge on any atom is 0.225 e. The second-order valence-electron chi connectivity index (χ2n) is 7.61. The summed E-state index contributed by atoms with van der Waals surface area (Å²) in [6.45, 7) is 4.45. The molecule has 124 valence electrons. The number of likely N-dealkylation sites (tertiary alicyclic amines) is 2. The predicted octanol–water partition coefficient (Wildman–Crippen LogP) is 3.30. The zero-order valence-corrected chi connectivity index (χ0v) is 14.0. The van der Waals surface area contributed by atoms with Crippen molar-refractivity contribution in [3.8, 4) is 0 Å². The highest BCUT2D eigenvalue weighted by Gasteiger charge is 2.41. The highest BCUT2D eigenvalue weighted by atomic mass is 16.2. The second-order valence-corrected chi connectivity index (χ2v) is 7.61. The number of carbonyl (C=O) groups excluding carboxylic acids is 1. The van der Waals surface area contributed by atoms with Gasteiger partial charge in [-0.3, -0.25) is 9.69 Å². The molecule has 0 radical (unpaired) electrons. The molecule has 1 saturated carbocycles. The van der Waals surface area contributed by atoms with Crippen molar-refractivity contribution in [3.63, 3.8) is 0 Å². The first kappa shape index (κ1) is 15.2. The fourth-order valence-electron chi connectivity index (χ4n) is 4.46. The van der Waals surface area contributed by atoms with Crippen LogP contribution in [0, 0.1) is 11.8 Å². The van der Waals surface area contributed by atoms with Crippen molar-refractivity contribution in [2.75, 3.05) is 19.6 Å². The lowest BCUT2D eigenvalue weighted by molar-refractivity contribution is -0.134. The molecule has 4 rings (SSSR count). The number of piperidine rings is 1. The molecule has 2 saturated heterocycles. The van der Waals surface area contributed by atoms with Gasteiger partial charge in [-0.1, -0.05) is 30.3 Å². The average Bonchev–Trinajstić information content (AvgIpc) is 3.33. The second kappa shape index (κ2) is 6.64. The van der Waals surface area contributed by atoms with Crippen LogP contribution in [0.15, 0.2) is 30.3 Å². The van der Waals surface area contributed by atoms with E-state index in [4.69, 9.17) is 0 Å². The van der Waals surface area contributed by atoms with Crippen LogP contribution in [-0.4, -0.2) is 41.4 Å². The molecule has 2 aliphatic heterocycles. The Morgan fingerprint density at radius 3 is 2.39 bits per heavy atom. The SMILES string of the molecule is O=C(C1CC1)N1CCC[C@H]1C1CCN(Cc2ccccc2)CC1. The molecule has 1 aromatic carbocycles. The van der Waals surface area contributed by atoms with E-state index in [2.05, 4.69) is 40.1 Å². The Bertz CT molecular complexity index is 532. The summed E-state index contributed by atoms with van der Waals surface area (Å²) in [4.78, 5) is 17.3. The quantitative estimate of drug-likeness (QED) is 0.851. The summed E-state index contributed by atoms with van der Waals surface area (Å²) in [6, 6.07) is 11.3. The molecule has 0 spiro atoms. The third kappa shape index (κ3) is 3.45. The Labute approximate surface area is 139 Å². The van der Waals surface area contributed by atoms with Crippen molar-refractivity contribution in [3.05, 3.63) is 35.9 Å². The summed E-state index contributed by atoms with van der Waals surface area (Å²) >= 11 is 0. The van der Waals surface area contributed by atoms with Crippen LogP contribution < -0.4 is 0 Å². The van der Waals surface area contributed by atoms with E-state index >= 15 is 0 Å². The molecule has 1 atom stereocenters. The molecule has 3 aliphatic rings. The van der Waals surface area contributed by atoms with Gasteiger partial charge in [-0.25, -0.2) is 0 Å². The summed E-state index contributed by atoms with van der Waals surface area (Å²) in [5.41, 5.74) is 1.41. The number of hydrogen-bond acceptors (Lipinski definition) is 2. The molecule has 0 unspecified atom stereocenters. The van der Waals surface area contributed by atoms with Crippen molar-refractivity contribution in [1.29, 1.82) is 0 Å². The fourth-order valence-corrected chi connectivity index (χ4v) is 4.46. The Morgan fingerprint density at radius 1 is 0.957 bits per heavy atom. The van der Waals surface area contributed by atoms with Gasteiger partial charge >= 0.3 is 0 Å². The first-order valence-electron chi connectivity index (χ1n) is 9.38. The minimum Gasteiger partial charge on any atom is -0.339 e. The monoisotopic (exact) mass is 312 g/mol. The number of benzene rings is 1. The van der Waals surface area contributed by atoms with Crippen LogP contribution in [-0.2, 0) is 11.3 Å². The molecule has 1 aliphatic carbocycles. The largest absolute Gasteiger partial charge is 0.339 e. The van der Waals surface area contributed by atoms with Crippen LogP contribution in [0.5, 0.6) is 0 Å². The molecule has 3 nitrogen and oxygen atoms in total. The third-order valence-corrected chi connectivity index (χ3v) is 5.93. The van der Waals surface area contributed by atoms with Crippen molar-refractivity contribution in [2.24, 2.45) is 11.8 Å². The van der Waals surface area contributed by atoms with Gasteiger partial charge in [0.1, 0.15) is 0 Å². The Balaban J connectivity index is 1.31. The maximum atomic E-state index is 12.5. The normalized spacial score (nSPS) is 26.6. The number of amides is 1. The average molecular weight is 312 g/mol. The van der Waals surface area contributed by atoms with Gasteiger partial charge in [-0.2, -0.15) is 0 Å². The van der Waals surface area contributed by atoms with Gasteiger partial charge in [0.2, 0.25) is 5.91 Å². The molecule has 0 aromatic heterocycles. The van der Waals surface area contributed by atoms with Crippen LogP contribution in [0.4, 0.5) is 0 Å². The third-order valence-electron chi connectivity index (χ3n) is 5.93. The van der Waals surface area contributed by atoms with E-state index in [1.165, 1.54) is 44.3 Å². The van der Waals surface area contributed by atoms with Crippen LogP contribution in [0.3, 0.4) is 0 Å². The van der Waals surface area contributed by atoms with Gasteiger partial charge in [-0.05, 0) is 63.1 Å². The molecule has 3 heteroatoms. The van der Waals surface area contributed by atoms with Gasteiger partial charge < -0.3 is 4.90 Å². The van der Waals surface area contributed by atoms with E-state index in [-0.39, 0.29) is 0 Å². The zero-order chi connectivity index (χ0) is 15.6. The molecular weight excluding hydrogens is 284 g/mol. The van der Waals surface area contributed by atoms with Gasteiger partial charge in [0.05, 0.1) is 0 Å². The number of nitrogens with zero attached hydrogens (tertiary/aromatic N) is 2. The minimum atomic E-state index is 0.383. The zero-order valence-electron chi connectivity index (χ0n) is 14.0. The summed E-state index contributed by atoms with van der Waals surface area (Å²) in [5, 5.41) is 0. The molecule has 0 bridgehead atoms. The van der Waals surface area contributed by atoms with Crippen molar-refractivity contribution in [2.45, 2.75) is 51.1 Å². The lowest BCUT2D eigenvalue weighted by atomic mass is 9.87. The molecule has 2 heterocycles. The van der Waals surface area contributed by atoms with Gasteiger partial charge in [-0.15, -0.1) is 0 Å². The van der Waals surface area contributed by atoms with Crippen LogP contribution in [0.25, 0.3) is 0 Å². The number of hydrogen-bond donors (Lipinski definition) is 0. The van der Waals surface area contributed by atoms with Gasteiger partial charge in [0.25, 0.3) is 0 Å². The van der Waals surface area contributed by atoms with Crippen molar-refractivity contribution in [1.82, 2.24) is 9.80 Å². The van der Waals surface area contributed by atoms with Gasteiger partial charge in [0, 0.05) is 25.0 Å². The molecule has 23 heavy (non-hydrogen) atoms. The summed E-state index contributed by atoms with van der Waals surface area (Å²) < 4.78 is 0. The van der Waals surface area contributed by atoms with E-state index in [1.807, 2.05) is 0 Å². The summed E-state index contributed by atoms with van der Waals surface area (Å²) in [5.74, 6) is 1.58. The van der Waals surface area contributed by atoms with E-state index < -0.39 is 0 Å². The molecule has 1 amide bonds. The topological polar surface area (TPSA) is 23.6 Å². The molecular formula is C20H28N2O. The van der Waals surface area contributed by atoms with E-state index in [0.717, 1.165) is 31.8 Å². The molecule has 1 aromatic rings. The van der Waals surface area contributed by atoms with Crippen molar-refractivity contribution >= 4 is 5.91 Å².